The molecule has 4 heterocycles. The van der Waals surface area contributed by atoms with Gasteiger partial charge in [0, 0.05) is 16.2 Å². The van der Waals surface area contributed by atoms with Crippen molar-refractivity contribution in [1.29, 1.82) is 0 Å². The van der Waals surface area contributed by atoms with Crippen LogP contribution in [0.25, 0.3) is 5.57 Å². The topological polar surface area (TPSA) is 105 Å². The van der Waals surface area contributed by atoms with Crippen LogP contribution in [-0.4, -0.2) is 54.2 Å². The normalized spacial score (nSPS) is 18.2. The highest BCUT2D eigenvalue weighted by molar-refractivity contribution is 8.00. The Balaban J connectivity index is 1.32. The number of ether oxygens (including phenoxy) is 1. The molecule has 41 heavy (non-hydrogen) atoms. The van der Waals surface area contributed by atoms with Crippen molar-refractivity contribution in [1.82, 2.24) is 20.4 Å². The summed E-state index contributed by atoms with van der Waals surface area (Å²) in [6, 6.07) is 22.7. The van der Waals surface area contributed by atoms with Crippen LogP contribution in [-0.2, 0) is 27.4 Å². The highest BCUT2D eigenvalue weighted by atomic mass is 32.2. The van der Waals surface area contributed by atoms with Crippen molar-refractivity contribution in [2.75, 3.05) is 5.75 Å². The average Bonchev–Trinajstić information content (AvgIpc) is 3.71. The molecule has 2 N–H and O–H groups in total. The van der Waals surface area contributed by atoms with Gasteiger partial charge in [-0.15, -0.1) is 33.3 Å². The molecule has 2 aliphatic heterocycles. The number of thiocarbonyl (C=S) groups is 1. The number of β-lactam (4-membered cyclic amide) rings is 1. The van der Waals surface area contributed by atoms with E-state index in [0.717, 1.165) is 16.0 Å². The van der Waals surface area contributed by atoms with Gasteiger partial charge in [0.1, 0.15) is 33.2 Å². The van der Waals surface area contributed by atoms with E-state index in [1.54, 1.807) is 4.90 Å². The van der Waals surface area contributed by atoms with Crippen molar-refractivity contribution < 1.29 is 19.4 Å². The van der Waals surface area contributed by atoms with Crippen LogP contribution in [0.5, 0.6) is 0 Å². The Kier molecular flexibility index (Phi) is 8.26. The lowest BCUT2D eigenvalue weighted by atomic mass is 10.0. The second kappa shape index (κ2) is 12.2. The fourth-order valence-electron chi connectivity index (χ4n) is 4.75. The Hall–Kier alpha value is -3.42. The molecule has 1 fully saturated rings. The van der Waals surface area contributed by atoms with Gasteiger partial charge < -0.3 is 15.2 Å². The molecule has 0 aliphatic carbocycles. The quantitative estimate of drug-likeness (QED) is 0.207. The van der Waals surface area contributed by atoms with Crippen LogP contribution < -0.4 is 5.32 Å². The van der Waals surface area contributed by atoms with E-state index in [2.05, 4.69) is 15.5 Å². The summed E-state index contributed by atoms with van der Waals surface area (Å²) in [5.74, 6) is 0.0144. The molecule has 0 radical (unpaired) electrons. The predicted octanol–water partition coefficient (Wildman–Crippen LogP) is 4.58. The smallest absolute Gasteiger partial charge is 0.253 e. The zero-order valence-electron chi connectivity index (χ0n) is 21.5. The number of carbonyl (C=O) groups is 2. The van der Waals surface area contributed by atoms with Gasteiger partial charge in [0.05, 0.1) is 13.0 Å². The molecule has 8 nitrogen and oxygen atoms in total. The van der Waals surface area contributed by atoms with Gasteiger partial charge in [-0.2, -0.15) is 0 Å². The van der Waals surface area contributed by atoms with Crippen molar-refractivity contribution in [3.8, 4) is 0 Å². The molecule has 2 atom stereocenters. The molecular formula is C29H24N4O4S4. The first-order chi connectivity index (χ1) is 20.0. The lowest BCUT2D eigenvalue weighted by molar-refractivity contribution is -0.145. The van der Waals surface area contributed by atoms with Crippen LogP contribution in [0.1, 0.15) is 32.1 Å². The lowest BCUT2D eigenvalue weighted by Crippen LogP contribution is -2.70. The van der Waals surface area contributed by atoms with Crippen LogP contribution in [0.3, 0.4) is 0 Å². The Bertz CT molecular complexity index is 1550. The number of amides is 2. The van der Waals surface area contributed by atoms with E-state index in [1.807, 2.05) is 78.2 Å². The molecule has 0 spiro atoms. The maximum Gasteiger partial charge on any atom is 0.253 e. The van der Waals surface area contributed by atoms with E-state index >= 15 is 0 Å². The molecule has 12 heteroatoms. The standard InChI is InChI=1S/C29H24N4O4S4/c34-15-22-31-32-26(41-22)20-16-40-28-23(30-21(35)14-19-12-7-13-39-19)27(36)33(28)24(20)29(38)37-25(17-8-3-1-4-9-17)18-10-5-2-6-11-18/h1-13,23,25,28,34H,14-16H2,(H,30,35)/t23-,28-/m1/s1. The fraction of sp³-hybridized carbons (Fsp3) is 0.207. The summed E-state index contributed by atoms with van der Waals surface area (Å²) in [6.07, 6.45) is -0.287. The van der Waals surface area contributed by atoms with E-state index in [0.29, 0.717) is 27.0 Å². The molecule has 0 unspecified atom stereocenters. The number of benzene rings is 2. The summed E-state index contributed by atoms with van der Waals surface area (Å²) in [5.41, 5.74) is 2.99. The molecule has 6 rings (SSSR count). The van der Waals surface area contributed by atoms with E-state index in [1.165, 1.54) is 34.4 Å². The second-order valence-electron chi connectivity index (χ2n) is 9.30. The number of rotatable bonds is 9. The summed E-state index contributed by atoms with van der Waals surface area (Å²) in [4.78, 5) is 28.9. The molecule has 2 aromatic carbocycles. The Morgan fingerprint density at radius 1 is 1.07 bits per heavy atom. The molecule has 208 valence electrons. The van der Waals surface area contributed by atoms with Crippen molar-refractivity contribution in [3.05, 3.63) is 110 Å². The maximum absolute atomic E-state index is 13.6. The number of aliphatic hydroxyl groups excluding tert-OH is 1. The summed E-state index contributed by atoms with van der Waals surface area (Å²) < 4.78 is 6.53. The average molecular weight is 621 g/mol. The van der Waals surface area contributed by atoms with Crippen LogP contribution in [0.4, 0.5) is 0 Å². The molecule has 2 aliphatic rings. The van der Waals surface area contributed by atoms with E-state index in [-0.39, 0.29) is 35.3 Å². The fourth-order valence-corrected chi connectivity index (χ4v) is 7.96. The molecular weight excluding hydrogens is 597 g/mol. The molecule has 4 aromatic rings. The summed E-state index contributed by atoms with van der Waals surface area (Å²) in [7, 11) is 0. The highest BCUT2D eigenvalue weighted by Gasteiger charge is 2.54. The van der Waals surface area contributed by atoms with E-state index in [9.17, 15) is 14.7 Å². The van der Waals surface area contributed by atoms with Gasteiger partial charge in [0.2, 0.25) is 11.0 Å². The maximum atomic E-state index is 13.6. The third-order valence-electron chi connectivity index (χ3n) is 6.68. The number of nitrogens with zero attached hydrogens (tertiary/aromatic N) is 3. The first kappa shape index (κ1) is 27.7. The lowest BCUT2D eigenvalue weighted by Gasteiger charge is -2.50. The first-order valence-corrected chi connectivity index (χ1v) is 15.9. The van der Waals surface area contributed by atoms with Crippen LogP contribution >= 0.6 is 46.7 Å². The Morgan fingerprint density at radius 3 is 2.39 bits per heavy atom. The van der Waals surface area contributed by atoms with Crippen molar-refractivity contribution in [2.45, 2.75) is 30.5 Å². The number of nitrogens with one attached hydrogen (secondary N) is 1. The number of aliphatic hydroxyl groups is 1. The van der Waals surface area contributed by atoms with Gasteiger partial charge in [-0.3, -0.25) is 14.5 Å². The number of hydrogen-bond donors (Lipinski definition) is 2. The predicted molar refractivity (Wildman–Crippen MR) is 164 cm³/mol. The summed E-state index contributed by atoms with van der Waals surface area (Å²) in [6.45, 7) is -0.234. The van der Waals surface area contributed by atoms with Crippen LogP contribution in [0.15, 0.2) is 83.9 Å². The zero-order chi connectivity index (χ0) is 28.3. The summed E-state index contributed by atoms with van der Waals surface area (Å²) in [5, 5.41) is 23.6. The zero-order valence-corrected chi connectivity index (χ0v) is 24.8. The minimum absolute atomic E-state index is 0.153. The third-order valence-corrected chi connectivity index (χ3v) is 10.1. The van der Waals surface area contributed by atoms with Crippen molar-refractivity contribution >= 4 is 69.1 Å². The Labute approximate surface area is 254 Å². The SMILES string of the molecule is O=C(Cc1cccs1)N[C@@H]1C(=O)N2C(C(=S)OC(c3ccccc3)c3ccccc3)=C(c3nnc(CO)s3)CS[C@H]12. The number of fused-ring (bicyclic) bond motifs is 1. The summed E-state index contributed by atoms with van der Waals surface area (Å²) >= 11 is 10.2. The largest absolute Gasteiger partial charge is 0.469 e. The van der Waals surface area contributed by atoms with Gasteiger partial charge in [-0.05, 0) is 34.8 Å². The first-order valence-electron chi connectivity index (χ1n) is 12.8. The number of aromatic nitrogens is 2. The van der Waals surface area contributed by atoms with E-state index < -0.39 is 12.1 Å². The van der Waals surface area contributed by atoms with Gasteiger partial charge in [0.15, 0.2) is 0 Å². The minimum atomic E-state index is -0.673. The highest BCUT2D eigenvalue weighted by Crippen LogP contribution is 2.45. The Morgan fingerprint density at radius 2 is 1.78 bits per heavy atom. The number of thiophene rings is 1. The number of hydrogen-bond acceptors (Lipinski definition) is 10. The monoisotopic (exact) mass is 620 g/mol. The van der Waals surface area contributed by atoms with Gasteiger partial charge in [0.25, 0.3) is 5.91 Å². The number of thioether (sulfide) groups is 1. The molecule has 0 saturated carbocycles. The second-order valence-corrected chi connectivity index (χ2v) is 12.9. The molecule has 2 amide bonds. The molecule has 0 bridgehead atoms. The van der Waals surface area contributed by atoms with Crippen LogP contribution in [0.2, 0.25) is 0 Å². The van der Waals surface area contributed by atoms with Gasteiger partial charge in [-0.25, -0.2) is 0 Å². The minimum Gasteiger partial charge on any atom is -0.469 e. The van der Waals surface area contributed by atoms with Crippen molar-refractivity contribution in [3.63, 3.8) is 0 Å². The number of carbonyl (C=O) groups excluding carboxylic acids is 2. The van der Waals surface area contributed by atoms with Crippen LogP contribution in [0, 0.1) is 0 Å². The third kappa shape index (κ3) is 5.70. The van der Waals surface area contributed by atoms with Crippen molar-refractivity contribution in [2.24, 2.45) is 0 Å². The molecule has 1 saturated heterocycles. The van der Waals surface area contributed by atoms with Gasteiger partial charge in [-0.1, -0.05) is 78.1 Å². The van der Waals surface area contributed by atoms with E-state index in [4.69, 9.17) is 17.0 Å². The van der Waals surface area contributed by atoms with Gasteiger partial charge >= 0.3 is 0 Å². The molecule has 2 aromatic heterocycles.